The lowest BCUT2D eigenvalue weighted by molar-refractivity contribution is 1.80. The SMILES string of the molecule is C#CC.C=CC.[HH]. The zero-order chi connectivity index (χ0) is 5.41. The van der Waals surface area contributed by atoms with Gasteiger partial charge in [-0.3, -0.25) is 0 Å². The molecular weight excluding hydrogens is 72.1 g/mol. The molecule has 36 valence electrons. The van der Waals surface area contributed by atoms with Gasteiger partial charge < -0.3 is 0 Å². The molecule has 0 saturated carbocycles. The first-order chi connectivity index (χ1) is 2.83. The molecule has 0 saturated heterocycles. The van der Waals surface area contributed by atoms with E-state index in [-0.39, 0.29) is 1.43 Å². The largest absolute Gasteiger partial charge is 0.120 e. The molecule has 0 amide bonds. The van der Waals surface area contributed by atoms with Gasteiger partial charge in [0.25, 0.3) is 0 Å². The molecule has 0 spiro atoms. The molecular formula is C6H12. The minimum Gasteiger partial charge on any atom is -0.120 e. The lowest BCUT2D eigenvalue weighted by atomic mass is 10.8. The Bertz CT molecular complexity index is 49.7. The number of rotatable bonds is 0. The summed E-state index contributed by atoms with van der Waals surface area (Å²) < 4.78 is 0. The van der Waals surface area contributed by atoms with E-state index in [2.05, 4.69) is 18.9 Å². The summed E-state index contributed by atoms with van der Waals surface area (Å²) in [4.78, 5) is 0. The molecule has 0 unspecified atom stereocenters. The molecule has 0 aliphatic rings. The van der Waals surface area contributed by atoms with Crippen molar-refractivity contribution in [3.63, 3.8) is 0 Å². The van der Waals surface area contributed by atoms with E-state index in [0.29, 0.717) is 0 Å². The van der Waals surface area contributed by atoms with Crippen LogP contribution in [0.3, 0.4) is 0 Å². The molecule has 0 aliphatic heterocycles. The van der Waals surface area contributed by atoms with Crippen LogP contribution in [0.2, 0.25) is 0 Å². The average Bonchev–Trinajstić information content (AvgIpc) is 1.39. The summed E-state index contributed by atoms with van der Waals surface area (Å²) in [6.45, 7) is 6.90. The first-order valence-corrected chi connectivity index (χ1v) is 1.77. The van der Waals surface area contributed by atoms with Crippen LogP contribution in [0.25, 0.3) is 0 Å². The predicted molar refractivity (Wildman–Crippen MR) is 32.5 cm³/mol. The molecule has 0 atom stereocenters. The fourth-order valence-electron chi connectivity index (χ4n) is 0. The van der Waals surface area contributed by atoms with Crippen LogP contribution in [0, 0.1) is 12.3 Å². The van der Waals surface area contributed by atoms with Crippen molar-refractivity contribution in [1.29, 1.82) is 0 Å². The quantitative estimate of drug-likeness (QED) is 0.311. The van der Waals surface area contributed by atoms with Crippen molar-refractivity contribution in [2.75, 3.05) is 0 Å². The van der Waals surface area contributed by atoms with Gasteiger partial charge in [0.15, 0.2) is 0 Å². The molecule has 0 aliphatic carbocycles. The maximum Gasteiger partial charge on any atom is 0 e. The molecule has 0 aromatic carbocycles. The van der Waals surface area contributed by atoms with Crippen LogP contribution < -0.4 is 0 Å². The Morgan fingerprint density at radius 1 is 2.00 bits per heavy atom. The third-order valence-electron chi connectivity index (χ3n) is 0. The Morgan fingerprint density at radius 2 is 2.00 bits per heavy atom. The van der Waals surface area contributed by atoms with Crippen molar-refractivity contribution in [3.8, 4) is 12.3 Å². The lowest BCUT2D eigenvalue weighted by Crippen LogP contribution is -1.10. The van der Waals surface area contributed by atoms with Gasteiger partial charge in [-0.05, 0) is 13.8 Å². The molecule has 0 aromatic heterocycles. The van der Waals surface area contributed by atoms with Crippen LogP contribution in [-0.4, -0.2) is 0 Å². The molecule has 6 heavy (non-hydrogen) atoms. The number of hydrogen-bond donors (Lipinski definition) is 0. The van der Waals surface area contributed by atoms with Crippen molar-refractivity contribution < 1.29 is 1.43 Å². The second-order valence-corrected chi connectivity index (χ2v) is 0.697. The average molecular weight is 84.2 g/mol. The fourth-order valence-corrected chi connectivity index (χ4v) is 0. The van der Waals surface area contributed by atoms with Gasteiger partial charge >= 0.3 is 0 Å². The molecule has 0 aromatic rings. The smallest absolute Gasteiger partial charge is 0 e. The highest BCUT2D eigenvalue weighted by atomic mass is 13.2. The first-order valence-electron chi connectivity index (χ1n) is 1.77. The van der Waals surface area contributed by atoms with Crippen LogP contribution in [0.5, 0.6) is 0 Å². The van der Waals surface area contributed by atoms with E-state index in [4.69, 9.17) is 0 Å². The Kier molecular flexibility index (Phi) is 41.6. The Morgan fingerprint density at radius 3 is 2.00 bits per heavy atom. The third-order valence-corrected chi connectivity index (χ3v) is 0. The van der Waals surface area contributed by atoms with E-state index in [0.717, 1.165) is 0 Å². The summed E-state index contributed by atoms with van der Waals surface area (Å²) in [5.41, 5.74) is 0. The van der Waals surface area contributed by atoms with E-state index in [1.54, 1.807) is 13.0 Å². The summed E-state index contributed by atoms with van der Waals surface area (Å²) in [5, 5.41) is 0. The van der Waals surface area contributed by atoms with Gasteiger partial charge in [0.2, 0.25) is 0 Å². The van der Waals surface area contributed by atoms with Crippen molar-refractivity contribution >= 4 is 0 Å². The Hall–Kier alpha value is -0.700. The van der Waals surface area contributed by atoms with Gasteiger partial charge in [0, 0.05) is 1.43 Å². The molecule has 0 radical (unpaired) electrons. The number of hydrogen-bond acceptors (Lipinski definition) is 0. The molecule has 0 fully saturated rings. The van der Waals surface area contributed by atoms with Crippen molar-refractivity contribution in [2.24, 2.45) is 0 Å². The highest BCUT2D eigenvalue weighted by Crippen LogP contribution is 1.38. The van der Waals surface area contributed by atoms with Gasteiger partial charge in [-0.2, -0.15) is 0 Å². The maximum atomic E-state index is 4.60. The molecule has 0 nitrogen and oxygen atoms in total. The molecule has 0 bridgehead atoms. The van der Waals surface area contributed by atoms with E-state index in [1.807, 2.05) is 6.92 Å². The van der Waals surface area contributed by atoms with Crippen LogP contribution in [0.1, 0.15) is 15.3 Å². The van der Waals surface area contributed by atoms with Gasteiger partial charge in [-0.1, -0.05) is 6.08 Å². The van der Waals surface area contributed by atoms with Crippen LogP contribution in [0.15, 0.2) is 12.7 Å². The van der Waals surface area contributed by atoms with Crippen molar-refractivity contribution in [3.05, 3.63) is 12.7 Å². The lowest BCUT2D eigenvalue weighted by Gasteiger charge is -1.31. The van der Waals surface area contributed by atoms with Crippen LogP contribution >= 0.6 is 0 Å². The summed E-state index contributed by atoms with van der Waals surface area (Å²) in [6, 6.07) is 0. The number of terminal acetylenes is 1. The van der Waals surface area contributed by atoms with Crippen LogP contribution in [0.4, 0.5) is 0 Å². The Balaban J connectivity index is -0.0000000400. The second-order valence-electron chi connectivity index (χ2n) is 0.697. The Labute approximate surface area is 41.4 Å². The minimum atomic E-state index is 0. The normalized spacial score (nSPS) is 3.50. The predicted octanol–water partition coefficient (Wildman–Crippen LogP) is 2.08. The van der Waals surface area contributed by atoms with Gasteiger partial charge in [-0.15, -0.1) is 18.9 Å². The summed E-state index contributed by atoms with van der Waals surface area (Å²) in [7, 11) is 0. The molecule has 0 heterocycles. The monoisotopic (exact) mass is 84.1 g/mol. The maximum absolute atomic E-state index is 4.60. The van der Waals surface area contributed by atoms with E-state index in [9.17, 15) is 0 Å². The van der Waals surface area contributed by atoms with Crippen molar-refractivity contribution in [2.45, 2.75) is 13.8 Å². The van der Waals surface area contributed by atoms with Gasteiger partial charge in [0.05, 0.1) is 0 Å². The molecule has 0 rings (SSSR count). The van der Waals surface area contributed by atoms with E-state index in [1.165, 1.54) is 0 Å². The van der Waals surface area contributed by atoms with Crippen molar-refractivity contribution in [1.82, 2.24) is 0 Å². The number of allylic oxidation sites excluding steroid dienone is 1. The highest BCUT2D eigenvalue weighted by Gasteiger charge is 1.15. The third kappa shape index (κ3) is 35.6. The highest BCUT2D eigenvalue weighted by molar-refractivity contribution is 4.73. The van der Waals surface area contributed by atoms with E-state index >= 15 is 0 Å². The van der Waals surface area contributed by atoms with Crippen LogP contribution in [-0.2, 0) is 0 Å². The summed E-state index contributed by atoms with van der Waals surface area (Å²) in [6.07, 6.45) is 6.35. The van der Waals surface area contributed by atoms with E-state index < -0.39 is 0 Å². The minimum absolute atomic E-state index is 0. The standard InChI is InChI=1S/C3H6.C3H4.H2/c2*1-3-2;/h3H,1H2,2H3;1H,2H3;1H. The first kappa shape index (κ1) is 9.00. The summed E-state index contributed by atoms with van der Waals surface area (Å²) in [5.74, 6) is 2.25. The second kappa shape index (κ2) is 27.7. The molecule has 0 N–H and O–H groups in total. The summed E-state index contributed by atoms with van der Waals surface area (Å²) >= 11 is 0. The zero-order valence-corrected chi connectivity index (χ0v) is 4.36. The topological polar surface area (TPSA) is 0 Å². The fraction of sp³-hybridized carbons (Fsp3) is 0.333. The molecule has 0 heteroatoms. The van der Waals surface area contributed by atoms with Gasteiger partial charge in [0.1, 0.15) is 0 Å². The zero-order valence-electron chi connectivity index (χ0n) is 4.36. The van der Waals surface area contributed by atoms with Gasteiger partial charge in [-0.25, -0.2) is 0 Å².